The second-order valence-electron chi connectivity index (χ2n) is 4.52. The first kappa shape index (κ1) is 13.9. The zero-order chi connectivity index (χ0) is 14.2. The number of para-hydroxylation sites is 1. The molecule has 0 atom stereocenters. The molecule has 0 bridgehead atoms. The predicted molar refractivity (Wildman–Crippen MR) is 79.9 cm³/mol. The third kappa shape index (κ3) is 4.65. The minimum absolute atomic E-state index is 0.193. The molecule has 2 rings (SSSR count). The molecule has 0 unspecified atom stereocenters. The van der Waals surface area contributed by atoms with Crippen LogP contribution in [-0.2, 0) is 6.42 Å². The number of nitrogens with one attached hydrogen (secondary N) is 2. The van der Waals surface area contributed by atoms with Crippen LogP contribution in [0.1, 0.15) is 12.0 Å². The lowest BCUT2D eigenvalue weighted by Crippen LogP contribution is -2.29. The third-order valence-electron chi connectivity index (χ3n) is 2.90. The van der Waals surface area contributed by atoms with Crippen molar-refractivity contribution in [2.45, 2.75) is 12.8 Å². The van der Waals surface area contributed by atoms with Crippen LogP contribution in [0.3, 0.4) is 0 Å². The molecule has 0 aliphatic rings. The van der Waals surface area contributed by atoms with Crippen LogP contribution in [-0.4, -0.2) is 17.7 Å². The summed E-state index contributed by atoms with van der Waals surface area (Å²) in [6.45, 7) is 0.611. The molecule has 0 radical (unpaired) electrons. The fraction of sp³-hybridized carbons (Fsp3) is 0.188. The molecule has 4 nitrogen and oxygen atoms in total. The lowest BCUT2D eigenvalue weighted by molar-refractivity contribution is 0.252. The Labute approximate surface area is 118 Å². The molecule has 4 heteroatoms. The molecule has 0 saturated carbocycles. The number of anilines is 1. The standard InChI is InChI=1S/C16H18N2O2/c19-15-10-8-13(9-11-15)5-4-12-17-16(20)18-14-6-2-1-3-7-14/h1-3,6-11,19H,4-5,12H2,(H2,17,18,20). The summed E-state index contributed by atoms with van der Waals surface area (Å²) in [6.07, 6.45) is 1.72. The SMILES string of the molecule is O=C(NCCCc1ccc(O)cc1)Nc1ccccc1. The van der Waals surface area contributed by atoms with Crippen molar-refractivity contribution < 1.29 is 9.90 Å². The molecule has 0 heterocycles. The van der Waals surface area contributed by atoms with Crippen LogP contribution in [0.2, 0.25) is 0 Å². The van der Waals surface area contributed by atoms with Gasteiger partial charge in [-0.2, -0.15) is 0 Å². The predicted octanol–water partition coefficient (Wildman–Crippen LogP) is 3.15. The zero-order valence-electron chi connectivity index (χ0n) is 11.2. The van der Waals surface area contributed by atoms with Gasteiger partial charge in [-0.15, -0.1) is 0 Å². The summed E-state index contributed by atoms with van der Waals surface area (Å²) in [4.78, 5) is 11.6. The Kier molecular flexibility index (Phi) is 5.00. The van der Waals surface area contributed by atoms with Gasteiger partial charge in [0.1, 0.15) is 5.75 Å². The second-order valence-corrected chi connectivity index (χ2v) is 4.52. The van der Waals surface area contributed by atoms with Gasteiger partial charge in [-0.1, -0.05) is 30.3 Å². The number of hydrogen-bond acceptors (Lipinski definition) is 2. The van der Waals surface area contributed by atoms with E-state index in [9.17, 15) is 9.90 Å². The van der Waals surface area contributed by atoms with Crippen molar-refractivity contribution >= 4 is 11.7 Å². The average Bonchev–Trinajstić information content (AvgIpc) is 2.46. The number of rotatable bonds is 5. The molecule has 0 saturated heterocycles. The van der Waals surface area contributed by atoms with Crippen molar-refractivity contribution in [3.8, 4) is 5.75 Å². The molecule has 0 aliphatic heterocycles. The molecule has 2 aromatic carbocycles. The summed E-state index contributed by atoms with van der Waals surface area (Å²) in [5.74, 6) is 0.272. The monoisotopic (exact) mass is 270 g/mol. The zero-order valence-corrected chi connectivity index (χ0v) is 11.2. The number of hydrogen-bond donors (Lipinski definition) is 3. The van der Waals surface area contributed by atoms with Crippen molar-refractivity contribution in [2.75, 3.05) is 11.9 Å². The number of carbonyl (C=O) groups excluding carboxylic acids is 1. The van der Waals surface area contributed by atoms with Crippen LogP contribution in [0, 0.1) is 0 Å². The first-order valence-electron chi connectivity index (χ1n) is 6.62. The molecule has 0 aromatic heterocycles. The summed E-state index contributed by atoms with van der Waals surface area (Å²) < 4.78 is 0. The summed E-state index contributed by atoms with van der Waals surface area (Å²) in [6, 6.07) is 16.3. The maximum atomic E-state index is 11.6. The topological polar surface area (TPSA) is 61.4 Å². The minimum atomic E-state index is -0.193. The largest absolute Gasteiger partial charge is 0.508 e. The fourth-order valence-corrected chi connectivity index (χ4v) is 1.85. The Morgan fingerprint density at radius 1 is 1.00 bits per heavy atom. The van der Waals surface area contributed by atoms with E-state index in [4.69, 9.17) is 0 Å². The average molecular weight is 270 g/mol. The highest BCUT2D eigenvalue weighted by Gasteiger charge is 2.00. The molecular formula is C16H18N2O2. The van der Waals surface area contributed by atoms with Crippen LogP contribution in [0.25, 0.3) is 0 Å². The number of amides is 2. The van der Waals surface area contributed by atoms with Crippen LogP contribution < -0.4 is 10.6 Å². The highest BCUT2D eigenvalue weighted by Crippen LogP contribution is 2.10. The highest BCUT2D eigenvalue weighted by atomic mass is 16.3. The molecule has 2 aromatic rings. The Morgan fingerprint density at radius 3 is 2.40 bits per heavy atom. The Hall–Kier alpha value is -2.49. The van der Waals surface area contributed by atoms with Gasteiger partial charge in [0, 0.05) is 12.2 Å². The normalized spacial score (nSPS) is 10.0. The van der Waals surface area contributed by atoms with E-state index in [0.717, 1.165) is 24.1 Å². The van der Waals surface area contributed by atoms with Gasteiger partial charge in [0.2, 0.25) is 0 Å². The number of aromatic hydroxyl groups is 1. The molecule has 104 valence electrons. The van der Waals surface area contributed by atoms with E-state index in [1.165, 1.54) is 0 Å². The second kappa shape index (κ2) is 7.19. The first-order valence-corrected chi connectivity index (χ1v) is 6.62. The molecule has 0 fully saturated rings. The van der Waals surface area contributed by atoms with Crippen molar-refractivity contribution in [1.29, 1.82) is 0 Å². The molecular weight excluding hydrogens is 252 g/mol. The van der Waals surface area contributed by atoms with E-state index in [-0.39, 0.29) is 11.8 Å². The number of aryl methyl sites for hydroxylation is 1. The summed E-state index contributed by atoms with van der Waals surface area (Å²) >= 11 is 0. The molecule has 3 N–H and O–H groups in total. The minimum Gasteiger partial charge on any atom is -0.508 e. The number of phenolic OH excluding ortho intramolecular Hbond substituents is 1. The summed E-state index contributed by atoms with van der Waals surface area (Å²) in [5, 5.41) is 14.8. The molecule has 0 aliphatic carbocycles. The number of carbonyl (C=O) groups is 1. The molecule has 2 amide bonds. The smallest absolute Gasteiger partial charge is 0.319 e. The quantitative estimate of drug-likeness (QED) is 0.731. The lowest BCUT2D eigenvalue weighted by Gasteiger charge is -2.07. The van der Waals surface area contributed by atoms with Gasteiger partial charge in [0.05, 0.1) is 0 Å². The van der Waals surface area contributed by atoms with E-state index in [1.807, 2.05) is 42.5 Å². The van der Waals surface area contributed by atoms with Crippen molar-refractivity contribution in [3.05, 3.63) is 60.2 Å². The highest BCUT2D eigenvalue weighted by molar-refractivity contribution is 5.89. The van der Waals surface area contributed by atoms with Gasteiger partial charge in [0.25, 0.3) is 0 Å². The van der Waals surface area contributed by atoms with Crippen LogP contribution in [0.4, 0.5) is 10.5 Å². The maximum absolute atomic E-state index is 11.6. The van der Waals surface area contributed by atoms with Gasteiger partial charge < -0.3 is 15.7 Å². The van der Waals surface area contributed by atoms with E-state index in [1.54, 1.807) is 12.1 Å². The third-order valence-corrected chi connectivity index (χ3v) is 2.90. The van der Waals surface area contributed by atoms with Crippen LogP contribution in [0.15, 0.2) is 54.6 Å². The van der Waals surface area contributed by atoms with E-state index >= 15 is 0 Å². The Morgan fingerprint density at radius 2 is 1.70 bits per heavy atom. The van der Waals surface area contributed by atoms with E-state index in [0.29, 0.717) is 6.54 Å². The van der Waals surface area contributed by atoms with E-state index in [2.05, 4.69) is 10.6 Å². The van der Waals surface area contributed by atoms with Crippen molar-refractivity contribution in [1.82, 2.24) is 5.32 Å². The van der Waals surface area contributed by atoms with E-state index < -0.39 is 0 Å². The van der Waals surface area contributed by atoms with Crippen molar-refractivity contribution in [3.63, 3.8) is 0 Å². The number of benzene rings is 2. The number of phenols is 1. The van der Waals surface area contributed by atoms with Gasteiger partial charge in [-0.3, -0.25) is 0 Å². The summed E-state index contributed by atoms with van der Waals surface area (Å²) in [7, 11) is 0. The van der Waals surface area contributed by atoms with Gasteiger partial charge in [0.15, 0.2) is 0 Å². The lowest BCUT2D eigenvalue weighted by atomic mass is 10.1. The maximum Gasteiger partial charge on any atom is 0.319 e. The first-order chi connectivity index (χ1) is 9.74. The van der Waals surface area contributed by atoms with Gasteiger partial charge in [-0.05, 0) is 42.7 Å². The van der Waals surface area contributed by atoms with Gasteiger partial charge >= 0.3 is 6.03 Å². The fourth-order valence-electron chi connectivity index (χ4n) is 1.85. The molecule has 20 heavy (non-hydrogen) atoms. The van der Waals surface area contributed by atoms with Crippen molar-refractivity contribution in [2.24, 2.45) is 0 Å². The summed E-state index contributed by atoms with van der Waals surface area (Å²) in [5.41, 5.74) is 1.93. The van der Waals surface area contributed by atoms with Crippen LogP contribution in [0.5, 0.6) is 5.75 Å². The molecule has 0 spiro atoms. The Bertz CT molecular complexity index is 538. The Balaban J connectivity index is 1.66. The van der Waals surface area contributed by atoms with Gasteiger partial charge in [-0.25, -0.2) is 4.79 Å². The number of urea groups is 1. The van der Waals surface area contributed by atoms with Crippen LogP contribution >= 0.6 is 0 Å².